The Morgan fingerprint density at radius 2 is 2.12 bits per heavy atom. The maximum absolute atomic E-state index is 9.67. The minimum atomic E-state index is -0.512. The molecule has 0 amide bonds. The van der Waals surface area contributed by atoms with E-state index in [9.17, 15) is 5.11 Å². The first-order valence-electron chi connectivity index (χ1n) is 5.44. The fourth-order valence-corrected chi connectivity index (χ4v) is 1.72. The third kappa shape index (κ3) is 3.08. The molecule has 0 saturated carbocycles. The highest BCUT2D eigenvalue weighted by Crippen LogP contribution is 2.25. The van der Waals surface area contributed by atoms with Crippen molar-refractivity contribution in [1.82, 2.24) is 0 Å². The molecule has 16 heavy (non-hydrogen) atoms. The molecule has 0 aliphatic carbocycles. The van der Waals surface area contributed by atoms with Crippen LogP contribution in [0.1, 0.15) is 18.6 Å². The monoisotopic (exact) mass is 221 g/mol. The van der Waals surface area contributed by atoms with Crippen LogP contribution in [0.3, 0.4) is 0 Å². The average Bonchev–Trinajstić information content (AvgIpc) is 2.29. The molecule has 0 aromatic heterocycles. The summed E-state index contributed by atoms with van der Waals surface area (Å²) >= 11 is 0. The quantitative estimate of drug-likeness (QED) is 0.719. The Hall–Kier alpha value is -1.32. The Labute approximate surface area is 96.6 Å². The minimum Gasteiger partial charge on any atom is -0.395 e. The lowest BCUT2D eigenvalue weighted by Gasteiger charge is -2.26. The molecular formula is C13H19NO2. The van der Waals surface area contributed by atoms with E-state index in [0.717, 1.165) is 11.3 Å². The first-order valence-corrected chi connectivity index (χ1v) is 5.44. The van der Waals surface area contributed by atoms with E-state index in [4.69, 9.17) is 5.11 Å². The van der Waals surface area contributed by atoms with E-state index in [-0.39, 0.29) is 6.61 Å². The third-order valence-corrected chi connectivity index (χ3v) is 2.45. The van der Waals surface area contributed by atoms with E-state index in [1.165, 1.54) is 0 Å². The van der Waals surface area contributed by atoms with Crippen LogP contribution >= 0.6 is 0 Å². The lowest BCUT2D eigenvalue weighted by atomic mass is 10.1. The number of nitrogens with zero attached hydrogens (tertiary/aromatic N) is 1. The van der Waals surface area contributed by atoms with Crippen LogP contribution in [0.25, 0.3) is 0 Å². The van der Waals surface area contributed by atoms with Crippen LogP contribution in [0.5, 0.6) is 0 Å². The van der Waals surface area contributed by atoms with Gasteiger partial charge in [0.2, 0.25) is 0 Å². The van der Waals surface area contributed by atoms with Crippen molar-refractivity contribution in [3.05, 3.63) is 42.5 Å². The Bertz CT molecular complexity index is 336. The van der Waals surface area contributed by atoms with Gasteiger partial charge in [-0.25, -0.2) is 0 Å². The van der Waals surface area contributed by atoms with E-state index in [2.05, 4.69) is 6.58 Å². The Morgan fingerprint density at radius 3 is 2.69 bits per heavy atom. The second kappa shape index (κ2) is 6.30. The van der Waals surface area contributed by atoms with Crippen LogP contribution in [-0.4, -0.2) is 29.9 Å². The van der Waals surface area contributed by atoms with Crippen molar-refractivity contribution in [2.45, 2.75) is 13.0 Å². The van der Waals surface area contributed by atoms with Crippen LogP contribution in [0.2, 0.25) is 0 Å². The maximum atomic E-state index is 9.67. The number of benzene rings is 1. The second-order valence-corrected chi connectivity index (χ2v) is 3.69. The highest BCUT2D eigenvalue weighted by molar-refractivity contribution is 5.55. The molecule has 88 valence electrons. The standard InChI is InChI=1S/C13H19NO2/c1-3-8-14(9-10-15)13-7-5-4-6-12(13)11(2)16/h3-7,11,15-16H,1,8-10H2,2H3/t11-/m0/s1. The van der Waals surface area contributed by atoms with Crippen LogP contribution in [0.4, 0.5) is 5.69 Å². The first kappa shape index (κ1) is 12.7. The number of para-hydroxylation sites is 1. The zero-order valence-electron chi connectivity index (χ0n) is 9.63. The summed E-state index contributed by atoms with van der Waals surface area (Å²) < 4.78 is 0. The lowest BCUT2D eigenvalue weighted by molar-refractivity contribution is 0.199. The molecule has 0 saturated heterocycles. The van der Waals surface area contributed by atoms with Crippen molar-refractivity contribution in [2.75, 3.05) is 24.6 Å². The van der Waals surface area contributed by atoms with E-state index < -0.39 is 6.10 Å². The molecule has 0 unspecified atom stereocenters. The lowest BCUT2D eigenvalue weighted by Crippen LogP contribution is -2.27. The topological polar surface area (TPSA) is 43.7 Å². The summed E-state index contributed by atoms with van der Waals surface area (Å²) in [5.41, 5.74) is 1.82. The normalized spacial score (nSPS) is 12.2. The fourth-order valence-electron chi connectivity index (χ4n) is 1.72. The average molecular weight is 221 g/mol. The highest BCUT2D eigenvalue weighted by Gasteiger charge is 2.12. The highest BCUT2D eigenvalue weighted by atomic mass is 16.3. The fraction of sp³-hybridized carbons (Fsp3) is 0.385. The van der Waals surface area contributed by atoms with Gasteiger partial charge in [0.1, 0.15) is 0 Å². The van der Waals surface area contributed by atoms with E-state index in [0.29, 0.717) is 13.1 Å². The number of aliphatic hydroxyl groups excluding tert-OH is 2. The van der Waals surface area contributed by atoms with Gasteiger partial charge in [-0.05, 0) is 13.0 Å². The molecular weight excluding hydrogens is 202 g/mol. The summed E-state index contributed by atoms with van der Waals surface area (Å²) in [5.74, 6) is 0. The minimum absolute atomic E-state index is 0.0853. The van der Waals surface area contributed by atoms with Gasteiger partial charge in [0, 0.05) is 24.3 Å². The van der Waals surface area contributed by atoms with Gasteiger partial charge in [0.25, 0.3) is 0 Å². The molecule has 3 nitrogen and oxygen atoms in total. The molecule has 1 aromatic rings. The summed E-state index contributed by atoms with van der Waals surface area (Å²) in [6.45, 7) is 6.72. The summed E-state index contributed by atoms with van der Waals surface area (Å²) in [6.07, 6.45) is 1.27. The van der Waals surface area contributed by atoms with Crippen molar-refractivity contribution in [1.29, 1.82) is 0 Å². The predicted molar refractivity (Wildman–Crippen MR) is 66.6 cm³/mol. The number of rotatable bonds is 6. The van der Waals surface area contributed by atoms with E-state index >= 15 is 0 Å². The summed E-state index contributed by atoms with van der Waals surface area (Å²) in [5, 5.41) is 18.7. The van der Waals surface area contributed by atoms with Gasteiger partial charge >= 0.3 is 0 Å². The molecule has 0 radical (unpaired) electrons. The molecule has 0 aliphatic heterocycles. The van der Waals surface area contributed by atoms with Gasteiger partial charge in [-0.1, -0.05) is 24.3 Å². The molecule has 1 rings (SSSR count). The van der Waals surface area contributed by atoms with Crippen LogP contribution < -0.4 is 4.90 Å². The van der Waals surface area contributed by atoms with Crippen molar-refractivity contribution < 1.29 is 10.2 Å². The van der Waals surface area contributed by atoms with Gasteiger partial charge in [0.05, 0.1) is 12.7 Å². The van der Waals surface area contributed by atoms with Gasteiger partial charge in [-0.2, -0.15) is 0 Å². The third-order valence-electron chi connectivity index (χ3n) is 2.45. The van der Waals surface area contributed by atoms with Gasteiger partial charge in [-0.3, -0.25) is 0 Å². The van der Waals surface area contributed by atoms with Crippen molar-refractivity contribution in [2.24, 2.45) is 0 Å². The molecule has 3 heteroatoms. The van der Waals surface area contributed by atoms with Gasteiger partial charge < -0.3 is 15.1 Å². The number of aliphatic hydroxyl groups is 2. The largest absolute Gasteiger partial charge is 0.395 e. The maximum Gasteiger partial charge on any atom is 0.0781 e. The summed E-state index contributed by atoms with van der Waals surface area (Å²) in [7, 11) is 0. The van der Waals surface area contributed by atoms with Gasteiger partial charge in [0.15, 0.2) is 0 Å². The zero-order chi connectivity index (χ0) is 12.0. The second-order valence-electron chi connectivity index (χ2n) is 3.69. The number of hydrogen-bond acceptors (Lipinski definition) is 3. The molecule has 1 aromatic carbocycles. The molecule has 2 N–H and O–H groups in total. The molecule has 0 heterocycles. The van der Waals surface area contributed by atoms with Crippen LogP contribution in [0.15, 0.2) is 36.9 Å². The molecule has 1 atom stereocenters. The Balaban J connectivity index is 3.01. The number of anilines is 1. The van der Waals surface area contributed by atoms with Crippen LogP contribution in [-0.2, 0) is 0 Å². The zero-order valence-corrected chi connectivity index (χ0v) is 9.63. The van der Waals surface area contributed by atoms with E-state index in [1.807, 2.05) is 29.2 Å². The first-order chi connectivity index (χ1) is 7.70. The van der Waals surface area contributed by atoms with Crippen molar-refractivity contribution >= 4 is 5.69 Å². The van der Waals surface area contributed by atoms with Crippen LogP contribution in [0, 0.1) is 0 Å². The smallest absolute Gasteiger partial charge is 0.0781 e. The SMILES string of the molecule is C=CCN(CCO)c1ccccc1[C@H](C)O. The molecule has 0 aliphatic rings. The number of hydrogen-bond donors (Lipinski definition) is 2. The predicted octanol–water partition coefficient (Wildman–Crippen LogP) is 1.72. The Morgan fingerprint density at radius 1 is 1.44 bits per heavy atom. The molecule has 0 spiro atoms. The molecule has 0 bridgehead atoms. The van der Waals surface area contributed by atoms with E-state index in [1.54, 1.807) is 13.0 Å². The van der Waals surface area contributed by atoms with Gasteiger partial charge in [-0.15, -0.1) is 6.58 Å². The Kier molecular flexibility index (Phi) is 5.02. The summed E-state index contributed by atoms with van der Waals surface area (Å²) in [4.78, 5) is 2.00. The summed E-state index contributed by atoms with van der Waals surface area (Å²) in [6, 6.07) is 7.67. The van der Waals surface area contributed by atoms with Crippen molar-refractivity contribution in [3.63, 3.8) is 0 Å². The molecule has 0 fully saturated rings. The van der Waals surface area contributed by atoms with Crippen molar-refractivity contribution in [3.8, 4) is 0 Å².